The maximum atomic E-state index is 13.3. The van der Waals surface area contributed by atoms with Crippen molar-refractivity contribution < 1.29 is 22.7 Å². The van der Waals surface area contributed by atoms with Crippen LogP contribution in [0.1, 0.15) is 29.5 Å². The summed E-state index contributed by atoms with van der Waals surface area (Å²) in [5.41, 5.74) is 0.484. The van der Waals surface area contributed by atoms with Gasteiger partial charge in [0.05, 0.1) is 12.7 Å². The van der Waals surface area contributed by atoms with Crippen molar-refractivity contribution in [3.63, 3.8) is 0 Å². The van der Waals surface area contributed by atoms with E-state index in [0.29, 0.717) is 12.8 Å². The molecule has 3 rings (SSSR count). The summed E-state index contributed by atoms with van der Waals surface area (Å²) in [4.78, 5) is 14.8. The summed E-state index contributed by atoms with van der Waals surface area (Å²) in [7, 11) is 1.32. The quantitative estimate of drug-likeness (QED) is 0.780. The molecule has 1 saturated heterocycles. The van der Waals surface area contributed by atoms with E-state index in [-0.39, 0.29) is 29.7 Å². The van der Waals surface area contributed by atoms with Crippen molar-refractivity contribution in [2.24, 2.45) is 5.92 Å². The predicted molar refractivity (Wildman–Crippen MR) is 104 cm³/mol. The third kappa shape index (κ3) is 5.73. The Balaban J connectivity index is 1.53. The Morgan fingerprint density at radius 1 is 1.14 bits per heavy atom. The summed E-state index contributed by atoms with van der Waals surface area (Å²) >= 11 is 0. The molecular weight excluding hydrogens is 381 g/mol. The maximum Gasteiger partial charge on any atom is 0.416 e. The van der Waals surface area contributed by atoms with Gasteiger partial charge in [0.15, 0.2) is 0 Å². The van der Waals surface area contributed by atoms with E-state index in [4.69, 9.17) is 4.74 Å². The number of hydrogen-bond donors (Lipinski definition) is 1. The highest BCUT2D eigenvalue weighted by molar-refractivity contribution is 5.78. The number of nitrogens with zero attached hydrogens (tertiary/aromatic N) is 1. The minimum Gasteiger partial charge on any atom is -0.497 e. The van der Waals surface area contributed by atoms with Crippen molar-refractivity contribution in [3.8, 4) is 5.75 Å². The standard InChI is InChI=1S/C22H25F3N2O2/c1-29-19-8-7-18(20(13-19)22(23,24)25)14-26-21(28)17-9-11-27(12-10-17)15-16-5-3-2-4-6-16/h2-8,13,17H,9-12,14-15H2,1H3,(H,26,28). The van der Waals surface area contributed by atoms with Crippen molar-refractivity contribution in [1.82, 2.24) is 10.2 Å². The molecule has 1 N–H and O–H groups in total. The first kappa shape index (κ1) is 21.2. The van der Waals surface area contributed by atoms with Crippen molar-refractivity contribution in [3.05, 3.63) is 65.2 Å². The van der Waals surface area contributed by atoms with Crippen LogP contribution in [0.15, 0.2) is 48.5 Å². The van der Waals surface area contributed by atoms with E-state index in [0.717, 1.165) is 25.7 Å². The number of amides is 1. The number of carbonyl (C=O) groups excluding carboxylic acids is 1. The van der Waals surface area contributed by atoms with E-state index >= 15 is 0 Å². The molecule has 2 aromatic rings. The fourth-order valence-corrected chi connectivity index (χ4v) is 3.62. The lowest BCUT2D eigenvalue weighted by atomic mass is 9.95. The molecule has 0 aliphatic carbocycles. The lowest BCUT2D eigenvalue weighted by molar-refractivity contribution is -0.138. The Morgan fingerprint density at radius 2 is 1.83 bits per heavy atom. The summed E-state index contributed by atoms with van der Waals surface area (Å²) in [6, 6.07) is 13.9. The van der Waals surface area contributed by atoms with Gasteiger partial charge in [-0.25, -0.2) is 0 Å². The van der Waals surface area contributed by atoms with Gasteiger partial charge < -0.3 is 10.1 Å². The fraction of sp³-hybridized carbons (Fsp3) is 0.409. The normalized spacial score (nSPS) is 15.9. The van der Waals surface area contributed by atoms with Crippen LogP contribution in [0.2, 0.25) is 0 Å². The molecule has 0 radical (unpaired) electrons. The Labute approximate surface area is 168 Å². The molecule has 4 nitrogen and oxygen atoms in total. The van der Waals surface area contributed by atoms with Gasteiger partial charge in [-0.2, -0.15) is 13.2 Å². The number of carbonyl (C=O) groups is 1. The van der Waals surface area contributed by atoms with Gasteiger partial charge in [0.2, 0.25) is 5.91 Å². The molecule has 0 saturated carbocycles. The number of hydrogen-bond acceptors (Lipinski definition) is 3. The van der Waals surface area contributed by atoms with Crippen LogP contribution in [-0.2, 0) is 24.1 Å². The summed E-state index contributed by atoms with van der Waals surface area (Å²) < 4.78 is 44.8. The van der Waals surface area contributed by atoms with E-state index in [1.807, 2.05) is 18.2 Å². The average Bonchev–Trinajstić information content (AvgIpc) is 2.72. The van der Waals surface area contributed by atoms with Crippen molar-refractivity contribution in [2.75, 3.05) is 20.2 Å². The van der Waals surface area contributed by atoms with E-state index in [2.05, 4.69) is 22.3 Å². The van der Waals surface area contributed by atoms with Gasteiger partial charge in [0, 0.05) is 19.0 Å². The molecule has 1 aliphatic heterocycles. The van der Waals surface area contributed by atoms with E-state index in [1.54, 1.807) is 0 Å². The van der Waals surface area contributed by atoms with Crippen molar-refractivity contribution in [1.29, 1.82) is 0 Å². The number of ether oxygens (including phenoxy) is 1. The largest absolute Gasteiger partial charge is 0.497 e. The highest BCUT2D eigenvalue weighted by Gasteiger charge is 2.34. The molecule has 29 heavy (non-hydrogen) atoms. The summed E-state index contributed by atoms with van der Waals surface area (Å²) in [5, 5.41) is 2.68. The smallest absolute Gasteiger partial charge is 0.416 e. The molecule has 1 aliphatic rings. The number of halogens is 3. The Kier molecular flexibility index (Phi) is 6.79. The first-order valence-corrected chi connectivity index (χ1v) is 9.65. The lowest BCUT2D eigenvalue weighted by Gasteiger charge is -2.31. The molecule has 0 aromatic heterocycles. The molecule has 0 spiro atoms. The second kappa shape index (κ2) is 9.31. The molecule has 156 valence electrons. The van der Waals surface area contributed by atoms with Gasteiger partial charge in [-0.15, -0.1) is 0 Å². The number of likely N-dealkylation sites (tertiary alicyclic amines) is 1. The number of rotatable bonds is 6. The lowest BCUT2D eigenvalue weighted by Crippen LogP contribution is -2.40. The minimum absolute atomic E-state index is 0.0353. The Morgan fingerprint density at radius 3 is 2.45 bits per heavy atom. The minimum atomic E-state index is -4.50. The van der Waals surface area contributed by atoms with Crippen molar-refractivity contribution >= 4 is 5.91 Å². The zero-order valence-electron chi connectivity index (χ0n) is 16.3. The van der Waals surface area contributed by atoms with Crippen LogP contribution >= 0.6 is 0 Å². The average molecular weight is 406 g/mol. The molecule has 7 heteroatoms. The van der Waals surface area contributed by atoms with Crippen LogP contribution < -0.4 is 10.1 Å². The molecule has 0 bridgehead atoms. The monoisotopic (exact) mass is 406 g/mol. The number of alkyl halides is 3. The third-order valence-electron chi connectivity index (χ3n) is 5.28. The zero-order valence-corrected chi connectivity index (χ0v) is 16.3. The van der Waals surface area contributed by atoms with Crippen LogP contribution in [0, 0.1) is 5.92 Å². The molecular formula is C22H25F3N2O2. The van der Waals surface area contributed by atoms with E-state index < -0.39 is 11.7 Å². The molecule has 0 unspecified atom stereocenters. The van der Waals surface area contributed by atoms with Crippen LogP contribution in [0.3, 0.4) is 0 Å². The van der Waals surface area contributed by atoms with E-state index in [1.165, 1.54) is 24.8 Å². The van der Waals surface area contributed by atoms with Crippen molar-refractivity contribution in [2.45, 2.75) is 32.1 Å². The Hall–Kier alpha value is -2.54. The van der Waals surface area contributed by atoms with Crippen LogP contribution in [0.25, 0.3) is 0 Å². The summed E-state index contributed by atoms with van der Waals surface area (Å²) in [6.45, 7) is 2.28. The SMILES string of the molecule is COc1ccc(CNC(=O)C2CCN(Cc3ccccc3)CC2)c(C(F)(F)F)c1. The van der Waals surface area contributed by atoms with Gasteiger partial charge in [0.1, 0.15) is 5.75 Å². The first-order chi connectivity index (χ1) is 13.9. The number of piperidine rings is 1. The number of methoxy groups -OCH3 is 1. The van der Waals surface area contributed by atoms with Crippen LogP contribution in [0.4, 0.5) is 13.2 Å². The van der Waals surface area contributed by atoms with Crippen LogP contribution in [-0.4, -0.2) is 31.0 Å². The molecule has 0 atom stereocenters. The third-order valence-corrected chi connectivity index (χ3v) is 5.28. The van der Waals surface area contributed by atoms with Crippen LogP contribution in [0.5, 0.6) is 5.75 Å². The predicted octanol–water partition coefficient (Wildman–Crippen LogP) is 4.24. The fourth-order valence-electron chi connectivity index (χ4n) is 3.62. The maximum absolute atomic E-state index is 13.3. The van der Waals surface area contributed by atoms with Gasteiger partial charge in [-0.05, 0) is 49.2 Å². The van der Waals surface area contributed by atoms with Gasteiger partial charge in [-0.1, -0.05) is 36.4 Å². The highest BCUT2D eigenvalue weighted by atomic mass is 19.4. The highest BCUT2D eigenvalue weighted by Crippen LogP contribution is 2.34. The van der Waals surface area contributed by atoms with Gasteiger partial charge in [-0.3, -0.25) is 9.69 Å². The summed E-state index contributed by atoms with van der Waals surface area (Å²) in [6.07, 6.45) is -3.10. The van der Waals surface area contributed by atoms with E-state index in [9.17, 15) is 18.0 Å². The molecule has 1 amide bonds. The zero-order chi connectivity index (χ0) is 20.9. The topological polar surface area (TPSA) is 41.6 Å². The number of nitrogens with one attached hydrogen (secondary N) is 1. The summed E-state index contributed by atoms with van der Waals surface area (Å²) in [5.74, 6) is -0.221. The van der Waals surface area contributed by atoms with Gasteiger partial charge >= 0.3 is 6.18 Å². The number of benzene rings is 2. The molecule has 1 fully saturated rings. The molecule has 2 aromatic carbocycles. The second-order valence-electron chi connectivity index (χ2n) is 7.27. The second-order valence-corrected chi connectivity index (χ2v) is 7.27. The molecule has 1 heterocycles. The first-order valence-electron chi connectivity index (χ1n) is 9.65. The Bertz CT molecular complexity index is 817. The van der Waals surface area contributed by atoms with Gasteiger partial charge in [0.25, 0.3) is 0 Å².